The zero-order valence-electron chi connectivity index (χ0n) is 18.7. The summed E-state index contributed by atoms with van der Waals surface area (Å²) in [6.45, 7) is 0.0670. The summed E-state index contributed by atoms with van der Waals surface area (Å²) in [5, 5.41) is 0.0981. The van der Waals surface area contributed by atoms with Crippen LogP contribution in [0.3, 0.4) is 0 Å². The fraction of sp³-hybridized carbons (Fsp3) is 0.120. The molecule has 2 heterocycles. The second kappa shape index (κ2) is 10.2. The SMILES string of the molecule is O=C(Oc1ccc(N2C(=O)c3c(Cl)c(Cl)c(Cl)c(Cl)c3C2=O)cc1)[C@@H]1CC(=O)N(c2cc(Cl)ccc2Cl)C1. The third-order valence-electron chi connectivity index (χ3n) is 6.07. The van der Waals surface area contributed by atoms with E-state index in [-0.39, 0.29) is 61.5 Å². The number of imide groups is 1. The maximum atomic E-state index is 13.0. The van der Waals surface area contributed by atoms with Gasteiger partial charge in [0.25, 0.3) is 11.8 Å². The Bertz CT molecular complexity index is 1510. The molecule has 2 aliphatic rings. The summed E-state index contributed by atoms with van der Waals surface area (Å²) >= 11 is 36.7. The molecule has 1 saturated heterocycles. The predicted octanol–water partition coefficient (Wildman–Crippen LogP) is 7.37. The molecule has 3 aromatic carbocycles. The minimum absolute atomic E-state index is 0.0670. The predicted molar refractivity (Wildman–Crippen MR) is 147 cm³/mol. The van der Waals surface area contributed by atoms with E-state index in [0.717, 1.165) is 4.90 Å². The summed E-state index contributed by atoms with van der Waals surface area (Å²) in [5.41, 5.74) is 0.282. The summed E-state index contributed by atoms with van der Waals surface area (Å²) in [5.74, 6) is -2.99. The Labute approximate surface area is 245 Å². The number of esters is 1. The van der Waals surface area contributed by atoms with E-state index in [9.17, 15) is 19.2 Å². The zero-order valence-corrected chi connectivity index (χ0v) is 23.3. The third kappa shape index (κ3) is 4.51. The number of carbonyl (C=O) groups is 4. The highest BCUT2D eigenvalue weighted by atomic mass is 35.5. The lowest BCUT2D eigenvalue weighted by Crippen LogP contribution is -2.29. The first-order valence-electron chi connectivity index (χ1n) is 10.8. The highest BCUT2D eigenvalue weighted by molar-refractivity contribution is 6.56. The number of hydrogen-bond donors (Lipinski definition) is 0. The van der Waals surface area contributed by atoms with Gasteiger partial charge in [0.1, 0.15) is 5.75 Å². The Morgan fingerprint density at radius 1 is 0.789 bits per heavy atom. The average Bonchev–Trinajstić information content (AvgIpc) is 3.40. The van der Waals surface area contributed by atoms with Crippen LogP contribution in [0, 0.1) is 5.92 Å². The lowest BCUT2D eigenvalue weighted by molar-refractivity contribution is -0.139. The summed E-state index contributed by atoms with van der Waals surface area (Å²) < 4.78 is 5.45. The fourth-order valence-corrected chi connectivity index (χ4v) is 5.64. The molecule has 0 radical (unpaired) electrons. The Hall–Kier alpha value is -2.52. The molecule has 1 fully saturated rings. The summed E-state index contributed by atoms with van der Waals surface area (Å²) in [7, 11) is 0. The number of anilines is 2. The van der Waals surface area contributed by atoms with Gasteiger partial charge in [-0.2, -0.15) is 0 Å². The van der Waals surface area contributed by atoms with Crippen molar-refractivity contribution in [1.82, 2.24) is 0 Å². The number of halogens is 6. The van der Waals surface area contributed by atoms with E-state index in [1.165, 1.54) is 29.2 Å². The molecule has 5 rings (SSSR count). The summed E-state index contributed by atoms with van der Waals surface area (Å²) in [6, 6.07) is 10.3. The topological polar surface area (TPSA) is 84.0 Å². The van der Waals surface area contributed by atoms with Crippen LogP contribution in [0.5, 0.6) is 5.75 Å². The average molecular weight is 633 g/mol. The van der Waals surface area contributed by atoms with Crippen LogP contribution in [-0.4, -0.2) is 30.2 Å². The number of amides is 3. The largest absolute Gasteiger partial charge is 0.426 e. The summed E-state index contributed by atoms with van der Waals surface area (Å²) in [4.78, 5) is 53.6. The molecule has 3 amide bonds. The van der Waals surface area contributed by atoms with Gasteiger partial charge in [0.05, 0.1) is 53.5 Å². The minimum atomic E-state index is -0.743. The van der Waals surface area contributed by atoms with Crippen LogP contribution < -0.4 is 14.5 Å². The summed E-state index contributed by atoms with van der Waals surface area (Å²) in [6.07, 6.45) is -0.0680. The van der Waals surface area contributed by atoms with Crippen LogP contribution in [0.4, 0.5) is 11.4 Å². The molecular weight excluding hydrogens is 621 g/mol. The standard InChI is InChI=1S/C25H12Cl6N2O5/c26-11-1-6-14(27)15(8-11)32-9-10(7-16(32)34)25(37)38-13-4-2-12(3-5-13)33-23(35)17-18(24(33)36)20(29)22(31)21(30)19(17)28/h1-6,8,10H,7,9H2/t10-/m1/s1. The van der Waals surface area contributed by atoms with E-state index >= 15 is 0 Å². The minimum Gasteiger partial charge on any atom is -0.426 e. The van der Waals surface area contributed by atoms with Crippen molar-refractivity contribution < 1.29 is 23.9 Å². The molecule has 0 N–H and O–H groups in total. The van der Waals surface area contributed by atoms with Crippen molar-refractivity contribution in [2.24, 2.45) is 5.92 Å². The van der Waals surface area contributed by atoms with Crippen LogP contribution in [0.2, 0.25) is 30.1 Å². The van der Waals surface area contributed by atoms with Crippen LogP contribution in [0.15, 0.2) is 42.5 Å². The number of hydrogen-bond acceptors (Lipinski definition) is 5. The van der Waals surface area contributed by atoms with Crippen molar-refractivity contribution in [2.75, 3.05) is 16.3 Å². The zero-order chi connectivity index (χ0) is 27.5. The van der Waals surface area contributed by atoms with Gasteiger partial charge in [-0.1, -0.05) is 69.6 Å². The maximum Gasteiger partial charge on any atom is 0.316 e. The van der Waals surface area contributed by atoms with E-state index in [1.54, 1.807) is 18.2 Å². The van der Waals surface area contributed by atoms with Crippen LogP contribution >= 0.6 is 69.6 Å². The van der Waals surface area contributed by atoms with Crippen molar-refractivity contribution in [1.29, 1.82) is 0 Å². The van der Waals surface area contributed by atoms with Gasteiger partial charge in [0.2, 0.25) is 5.91 Å². The maximum absolute atomic E-state index is 13.0. The number of carbonyl (C=O) groups excluding carboxylic acids is 4. The smallest absolute Gasteiger partial charge is 0.316 e. The molecule has 38 heavy (non-hydrogen) atoms. The second-order valence-corrected chi connectivity index (χ2v) is 10.7. The lowest BCUT2D eigenvalue weighted by atomic mass is 10.1. The van der Waals surface area contributed by atoms with E-state index in [2.05, 4.69) is 0 Å². The van der Waals surface area contributed by atoms with Gasteiger partial charge in [-0.15, -0.1) is 0 Å². The quantitative estimate of drug-likeness (QED) is 0.0986. The number of nitrogens with zero attached hydrogens (tertiary/aromatic N) is 2. The number of fused-ring (bicyclic) bond motifs is 1. The van der Waals surface area contributed by atoms with Gasteiger partial charge in [0.15, 0.2) is 0 Å². The highest BCUT2D eigenvalue weighted by Gasteiger charge is 2.42. The van der Waals surface area contributed by atoms with Crippen LogP contribution in [0.1, 0.15) is 27.1 Å². The molecule has 3 aromatic rings. The first-order valence-corrected chi connectivity index (χ1v) is 13.1. The lowest BCUT2D eigenvalue weighted by Gasteiger charge is -2.18. The van der Waals surface area contributed by atoms with Crippen molar-refractivity contribution in [3.05, 3.63) is 83.7 Å². The Morgan fingerprint density at radius 3 is 1.95 bits per heavy atom. The molecule has 0 bridgehead atoms. The van der Waals surface area contributed by atoms with Crippen molar-refractivity contribution in [3.8, 4) is 5.75 Å². The monoisotopic (exact) mass is 630 g/mol. The first kappa shape index (κ1) is 27.1. The van der Waals surface area contributed by atoms with Gasteiger partial charge in [-0.25, -0.2) is 4.90 Å². The molecule has 2 aliphatic heterocycles. The van der Waals surface area contributed by atoms with Gasteiger partial charge in [0, 0.05) is 18.0 Å². The number of rotatable bonds is 4. The van der Waals surface area contributed by atoms with Crippen molar-refractivity contribution >= 4 is 105 Å². The normalized spacial score (nSPS) is 16.9. The molecule has 13 heteroatoms. The van der Waals surface area contributed by atoms with E-state index < -0.39 is 23.7 Å². The highest BCUT2D eigenvalue weighted by Crippen LogP contribution is 2.45. The van der Waals surface area contributed by atoms with Crippen molar-refractivity contribution in [2.45, 2.75) is 6.42 Å². The van der Waals surface area contributed by atoms with Gasteiger partial charge in [-0.3, -0.25) is 19.2 Å². The Morgan fingerprint density at radius 2 is 1.37 bits per heavy atom. The number of ether oxygens (including phenoxy) is 1. The van der Waals surface area contributed by atoms with Crippen LogP contribution in [0.25, 0.3) is 0 Å². The fourth-order valence-electron chi connectivity index (χ4n) is 4.24. The van der Waals surface area contributed by atoms with E-state index in [4.69, 9.17) is 74.3 Å². The van der Waals surface area contributed by atoms with Crippen LogP contribution in [-0.2, 0) is 9.59 Å². The van der Waals surface area contributed by atoms with Gasteiger partial charge in [-0.05, 0) is 42.5 Å². The molecule has 0 saturated carbocycles. The number of benzene rings is 3. The van der Waals surface area contributed by atoms with Crippen molar-refractivity contribution in [3.63, 3.8) is 0 Å². The molecule has 0 unspecified atom stereocenters. The van der Waals surface area contributed by atoms with E-state index in [0.29, 0.717) is 15.7 Å². The molecule has 0 aromatic heterocycles. The molecule has 0 aliphatic carbocycles. The third-order valence-corrected chi connectivity index (χ3v) is 8.43. The molecular formula is C25H12Cl6N2O5. The molecule has 194 valence electrons. The Balaban J connectivity index is 1.32. The van der Waals surface area contributed by atoms with Gasteiger partial charge < -0.3 is 9.64 Å². The van der Waals surface area contributed by atoms with E-state index in [1.807, 2.05) is 0 Å². The molecule has 0 spiro atoms. The molecule has 1 atom stereocenters. The van der Waals surface area contributed by atoms with Gasteiger partial charge >= 0.3 is 5.97 Å². The first-order chi connectivity index (χ1) is 18.0. The molecule has 7 nitrogen and oxygen atoms in total. The Kier molecular flexibility index (Phi) is 7.28. The second-order valence-electron chi connectivity index (χ2n) is 8.37.